The number of furan rings is 1. The molecule has 1 aromatic heterocycles. The summed E-state index contributed by atoms with van der Waals surface area (Å²) in [6, 6.07) is 3.33. The predicted octanol–water partition coefficient (Wildman–Crippen LogP) is 1.13. The van der Waals surface area contributed by atoms with Crippen LogP contribution in [0.5, 0.6) is 0 Å². The van der Waals surface area contributed by atoms with E-state index in [1.54, 1.807) is 12.1 Å². The third-order valence-electron chi connectivity index (χ3n) is 2.44. The van der Waals surface area contributed by atoms with Crippen LogP contribution in [0.3, 0.4) is 0 Å². The molecule has 1 rings (SSSR count). The average molecular weight is 355 g/mol. The molecule has 0 aliphatic rings. The van der Waals surface area contributed by atoms with Gasteiger partial charge in [-0.05, 0) is 28.1 Å². The van der Waals surface area contributed by atoms with Crippen molar-refractivity contribution in [1.29, 1.82) is 0 Å². The van der Waals surface area contributed by atoms with Crippen LogP contribution < -0.4 is 0 Å². The number of hydrogen-bond donors (Lipinski definition) is 1. The second-order valence-electron chi connectivity index (χ2n) is 3.93. The zero-order valence-corrected chi connectivity index (χ0v) is 12.9. The van der Waals surface area contributed by atoms with Crippen LogP contribution in [-0.2, 0) is 21.5 Å². The molecule has 9 heteroatoms. The fourth-order valence-corrected chi connectivity index (χ4v) is 2.77. The Labute approximate surface area is 120 Å². The Morgan fingerprint density at radius 3 is 2.47 bits per heavy atom. The molecule has 0 unspecified atom stereocenters. The van der Waals surface area contributed by atoms with Crippen molar-refractivity contribution < 1.29 is 22.7 Å². The minimum absolute atomic E-state index is 0.0747. The third kappa shape index (κ3) is 4.60. The Morgan fingerprint density at radius 1 is 1.37 bits per heavy atom. The highest BCUT2D eigenvalue weighted by atomic mass is 79.9. The van der Waals surface area contributed by atoms with Gasteiger partial charge >= 0.3 is 5.97 Å². The van der Waals surface area contributed by atoms with E-state index >= 15 is 0 Å². The molecule has 0 aliphatic heterocycles. The minimum Gasteiger partial charge on any atom is -0.481 e. The van der Waals surface area contributed by atoms with Crippen LogP contribution in [0.2, 0.25) is 0 Å². The zero-order chi connectivity index (χ0) is 14.6. The first-order chi connectivity index (χ1) is 8.73. The number of nitrogens with zero attached hydrogens (tertiary/aromatic N) is 2. The molecule has 1 N–H and O–H groups in total. The van der Waals surface area contributed by atoms with Gasteiger partial charge in [0, 0.05) is 20.6 Å². The number of carboxylic acid groups (broad SMARTS) is 1. The molecule has 0 radical (unpaired) electrons. The molecule has 0 bridgehead atoms. The van der Waals surface area contributed by atoms with Gasteiger partial charge in [0.2, 0.25) is 0 Å². The van der Waals surface area contributed by atoms with Gasteiger partial charge in [-0.1, -0.05) is 0 Å². The summed E-state index contributed by atoms with van der Waals surface area (Å²) >= 11 is 3.13. The maximum Gasteiger partial charge on any atom is 0.304 e. The lowest BCUT2D eigenvalue weighted by Crippen LogP contribution is -2.40. The van der Waals surface area contributed by atoms with Crippen LogP contribution in [0.15, 0.2) is 21.2 Å². The van der Waals surface area contributed by atoms with Crippen molar-refractivity contribution in [3.8, 4) is 0 Å². The molecule has 108 valence electrons. The standard InChI is InChI=1S/C10H15BrN2O5S/c1-12(6-5-10(14)15)19(16,17)13(2)7-8-3-4-9(11)18-8/h3-4H,5-7H2,1-2H3,(H,14,15). The van der Waals surface area contributed by atoms with Gasteiger partial charge in [0.1, 0.15) is 5.76 Å². The number of aliphatic carboxylic acids is 1. The van der Waals surface area contributed by atoms with Crippen LogP contribution in [-0.4, -0.2) is 48.7 Å². The molecule has 1 aromatic rings. The quantitative estimate of drug-likeness (QED) is 0.792. The van der Waals surface area contributed by atoms with Crippen LogP contribution in [0.25, 0.3) is 0 Å². The molecule has 0 spiro atoms. The molecule has 0 saturated heterocycles. The highest BCUT2D eigenvalue weighted by molar-refractivity contribution is 9.10. The molecule has 0 amide bonds. The topological polar surface area (TPSA) is 91.1 Å². The van der Waals surface area contributed by atoms with Crippen molar-refractivity contribution in [2.45, 2.75) is 13.0 Å². The van der Waals surface area contributed by atoms with Gasteiger partial charge in [0.05, 0.1) is 13.0 Å². The van der Waals surface area contributed by atoms with Gasteiger partial charge < -0.3 is 9.52 Å². The number of hydrogen-bond acceptors (Lipinski definition) is 4. The highest BCUT2D eigenvalue weighted by Gasteiger charge is 2.24. The van der Waals surface area contributed by atoms with Crippen LogP contribution in [0.4, 0.5) is 0 Å². The molecule has 1 heterocycles. The van der Waals surface area contributed by atoms with Crippen LogP contribution >= 0.6 is 15.9 Å². The number of carboxylic acids is 1. The predicted molar refractivity (Wildman–Crippen MR) is 71.7 cm³/mol. The molecule has 0 aliphatic carbocycles. The maximum absolute atomic E-state index is 12.1. The molecule has 7 nitrogen and oxygen atoms in total. The van der Waals surface area contributed by atoms with E-state index < -0.39 is 16.2 Å². The lowest BCUT2D eigenvalue weighted by atomic mass is 10.4. The fourth-order valence-electron chi connectivity index (χ4n) is 1.34. The highest BCUT2D eigenvalue weighted by Crippen LogP contribution is 2.17. The van der Waals surface area contributed by atoms with E-state index in [4.69, 9.17) is 9.52 Å². The Hall–Kier alpha value is -0.900. The summed E-state index contributed by atoms with van der Waals surface area (Å²) in [4.78, 5) is 10.4. The SMILES string of the molecule is CN(CCC(=O)O)S(=O)(=O)N(C)Cc1ccc(Br)o1. The van der Waals surface area contributed by atoms with Gasteiger partial charge in [-0.25, -0.2) is 0 Å². The van der Waals surface area contributed by atoms with Crippen molar-refractivity contribution >= 4 is 32.1 Å². The number of halogens is 1. The normalized spacial score (nSPS) is 12.3. The van der Waals surface area contributed by atoms with Crippen molar-refractivity contribution in [2.75, 3.05) is 20.6 Å². The zero-order valence-electron chi connectivity index (χ0n) is 10.5. The summed E-state index contributed by atoms with van der Waals surface area (Å²) < 4.78 is 32.0. The van der Waals surface area contributed by atoms with Crippen molar-refractivity contribution in [3.05, 3.63) is 22.6 Å². The minimum atomic E-state index is -3.70. The monoisotopic (exact) mass is 354 g/mol. The molecule has 0 fully saturated rings. The second kappa shape index (κ2) is 6.51. The van der Waals surface area contributed by atoms with E-state index in [1.807, 2.05) is 0 Å². The van der Waals surface area contributed by atoms with E-state index in [0.717, 1.165) is 8.61 Å². The van der Waals surface area contributed by atoms with E-state index in [9.17, 15) is 13.2 Å². The molecule has 0 aromatic carbocycles. The Balaban J connectivity index is 2.67. The summed E-state index contributed by atoms with van der Waals surface area (Å²) in [5, 5.41) is 8.55. The van der Waals surface area contributed by atoms with Crippen molar-refractivity contribution in [1.82, 2.24) is 8.61 Å². The fraction of sp³-hybridized carbons (Fsp3) is 0.500. The molecule has 0 atom stereocenters. The summed E-state index contributed by atoms with van der Waals surface area (Å²) in [6.45, 7) is -0.00476. The second-order valence-corrected chi connectivity index (χ2v) is 6.86. The van der Waals surface area contributed by atoms with Gasteiger partial charge in [0.25, 0.3) is 10.2 Å². The van der Waals surface area contributed by atoms with Crippen LogP contribution in [0, 0.1) is 0 Å². The third-order valence-corrected chi connectivity index (χ3v) is 4.75. The summed E-state index contributed by atoms with van der Waals surface area (Å²) in [7, 11) is -0.950. The molecular weight excluding hydrogens is 340 g/mol. The van der Waals surface area contributed by atoms with Crippen LogP contribution in [0.1, 0.15) is 12.2 Å². The lowest BCUT2D eigenvalue weighted by Gasteiger charge is -2.23. The summed E-state index contributed by atoms with van der Waals surface area (Å²) in [5.41, 5.74) is 0. The first kappa shape index (κ1) is 16.2. The molecule has 0 saturated carbocycles. The summed E-state index contributed by atoms with van der Waals surface area (Å²) in [6.07, 6.45) is -0.240. The van der Waals surface area contributed by atoms with Gasteiger partial charge in [-0.2, -0.15) is 17.0 Å². The molecular formula is C10H15BrN2O5S. The maximum atomic E-state index is 12.1. The Bertz CT molecular complexity index is 542. The van der Waals surface area contributed by atoms with Gasteiger partial charge in [-0.15, -0.1) is 0 Å². The van der Waals surface area contributed by atoms with E-state index in [-0.39, 0.29) is 19.5 Å². The van der Waals surface area contributed by atoms with Crippen molar-refractivity contribution in [2.24, 2.45) is 0 Å². The number of rotatable bonds is 7. The van der Waals surface area contributed by atoms with E-state index in [0.29, 0.717) is 10.4 Å². The van der Waals surface area contributed by atoms with Gasteiger partial charge in [0.15, 0.2) is 4.67 Å². The van der Waals surface area contributed by atoms with Crippen molar-refractivity contribution in [3.63, 3.8) is 0 Å². The first-order valence-corrected chi connectivity index (χ1v) is 7.56. The van der Waals surface area contributed by atoms with E-state index in [2.05, 4.69) is 15.9 Å². The molecule has 19 heavy (non-hydrogen) atoms. The lowest BCUT2D eigenvalue weighted by molar-refractivity contribution is -0.137. The average Bonchev–Trinajstić information content (AvgIpc) is 2.71. The largest absolute Gasteiger partial charge is 0.481 e. The summed E-state index contributed by atoms with van der Waals surface area (Å²) in [5.74, 6) is -0.552. The Kier molecular flexibility index (Phi) is 5.53. The Morgan fingerprint density at radius 2 is 2.00 bits per heavy atom. The smallest absolute Gasteiger partial charge is 0.304 e. The first-order valence-electron chi connectivity index (χ1n) is 5.37. The van der Waals surface area contributed by atoms with E-state index in [1.165, 1.54) is 14.1 Å². The van der Waals surface area contributed by atoms with Gasteiger partial charge in [-0.3, -0.25) is 4.79 Å². The number of carbonyl (C=O) groups is 1.